The first kappa shape index (κ1) is 17.0. The Bertz CT molecular complexity index is 333. The predicted molar refractivity (Wildman–Crippen MR) is 87.4 cm³/mol. The monoisotopic (exact) mass is 278 g/mol. The Hall–Kier alpha value is -1.06. The van der Waals surface area contributed by atoms with Crippen molar-refractivity contribution in [2.75, 3.05) is 37.7 Å². The van der Waals surface area contributed by atoms with Gasteiger partial charge in [0, 0.05) is 38.5 Å². The Morgan fingerprint density at radius 1 is 1.00 bits per heavy atom. The molecule has 3 heteroatoms. The number of ether oxygens (including phenoxy) is 1. The lowest BCUT2D eigenvalue weighted by Crippen LogP contribution is -2.22. The molecule has 0 aliphatic heterocycles. The van der Waals surface area contributed by atoms with Crippen molar-refractivity contribution in [3.8, 4) is 0 Å². The Kier molecular flexibility index (Phi) is 9.09. The molecule has 0 aliphatic rings. The first-order valence-corrected chi connectivity index (χ1v) is 7.94. The van der Waals surface area contributed by atoms with Crippen molar-refractivity contribution in [2.45, 2.75) is 40.2 Å². The van der Waals surface area contributed by atoms with Gasteiger partial charge < -0.3 is 15.0 Å². The van der Waals surface area contributed by atoms with Crippen LogP contribution >= 0.6 is 0 Å². The molecule has 0 atom stereocenters. The molecule has 0 aliphatic carbocycles. The molecule has 0 fully saturated rings. The summed E-state index contributed by atoms with van der Waals surface area (Å²) in [6.45, 7) is 12.2. The van der Waals surface area contributed by atoms with Gasteiger partial charge in [-0.25, -0.2) is 0 Å². The summed E-state index contributed by atoms with van der Waals surface area (Å²) >= 11 is 0. The van der Waals surface area contributed by atoms with Crippen LogP contribution in [-0.2, 0) is 11.3 Å². The third-order valence-electron chi connectivity index (χ3n) is 3.46. The minimum Gasteiger partial charge on any atom is -0.380 e. The van der Waals surface area contributed by atoms with Crippen molar-refractivity contribution in [2.24, 2.45) is 0 Å². The van der Waals surface area contributed by atoms with Crippen LogP contribution in [0, 0.1) is 0 Å². The van der Waals surface area contributed by atoms with E-state index in [0.29, 0.717) is 0 Å². The van der Waals surface area contributed by atoms with E-state index < -0.39 is 0 Å². The van der Waals surface area contributed by atoms with Gasteiger partial charge in [-0.3, -0.25) is 0 Å². The van der Waals surface area contributed by atoms with E-state index in [9.17, 15) is 0 Å². The maximum Gasteiger partial charge on any atom is 0.0591 e. The van der Waals surface area contributed by atoms with Gasteiger partial charge in [-0.15, -0.1) is 0 Å². The van der Waals surface area contributed by atoms with E-state index >= 15 is 0 Å². The van der Waals surface area contributed by atoms with Crippen LogP contribution in [-0.4, -0.2) is 32.8 Å². The molecule has 0 spiro atoms. The largest absolute Gasteiger partial charge is 0.380 e. The Morgan fingerprint density at radius 3 is 2.30 bits per heavy atom. The Labute approximate surface area is 124 Å². The maximum atomic E-state index is 5.52. The van der Waals surface area contributed by atoms with Crippen molar-refractivity contribution in [3.05, 3.63) is 29.8 Å². The molecule has 0 saturated heterocycles. The predicted octanol–water partition coefficient (Wildman–Crippen LogP) is 3.44. The van der Waals surface area contributed by atoms with Crippen LogP contribution in [0.15, 0.2) is 24.3 Å². The molecule has 0 bridgehead atoms. The molecule has 1 rings (SSSR count). The average molecular weight is 278 g/mol. The zero-order valence-electron chi connectivity index (χ0n) is 13.3. The molecule has 114 valence electrons. The van der Waals surface area contributed by atoms with Crippen LogP contribution in [0.25, 0.3) is 0 Å². The highest BCUT2D eigenvalue weighted by atomic mass is 16.5. The zero-order valence-corrected chi connectivity index (χ0v) is 13.3. The SMILES string of the molecule is CCCCOCCNCc1ccc(N(CC)CC)cc1. The molecule has 0 radical (unpaired) electrons. The quantitative estimate of drug-likeness (QED) is 0.628. The van der Waals surface area contributed by atoms with Gasteiger partial charge >= 0.3 is 0 Å². The molecule has 3 nitrogen and oxygen atoms in total. The van der Waals surface area contributed by atoms with E-state index in [0.717, 1.165) is 45.8 Å². The minimum absolute atomic E-state index is 0.803. The van der Waals surface area contributed by atoms with Crippen LogP contribution in [0.5, 0.6) is 0 Å². The Balaban J connectivity index is 2.21. The van der Waals surface area contributed by atoms with Crippen molar-refractivity contribution in [1.82, 2.24) is 5.32 Å². The molecule has 20 heavy (non-hydrogen) atoms. The Morgan fingerprint density at radius 2 is 1.70 bits per heavy atom. The van der Waals surface area contributed by atoms with Gasteiger partial charge in [0.1, 0.15) is 0 Å². The fraction of sp³-hybridized carbons (Fsp3) is 0.647. The number of hydrogen-bond donors (Lipinski definition) is 1. The van der Waals surface area contributed by atoms with Crippen LogP contribution in [0.2, 0.25) is 0 Å². The first-order valence-electron chi connectivity index (χ1n) is 7.94. The summed E-state index contributed by atoms with van der Waals surface area (Å²) < 4.78 is 5.52. The van der Waals surface area contributed by atoms with E-state index in [4.69, 9.17) is 4.74 Å². The van der Waals surface area contributed by atoms with E-state index in [1.165, 1.54) is 17.7 Å². The highest BCUT2D eigenvalue weighted by Gasteiger charge is 2.01. The molecule has 0 aromatic heterocycles. The van der Waals surface area contributed by atoms with Gasteiger partial charge in [0.05, 0.1) is 6.61 Å². The van der Waals surface area contributed by atoms with Crippen molar-refractivity contribution >= 4 is 5.69 Å². The van der Waals surface area contributed by atoms with Crippen LogP contribution in [0.4, 0.5) is 5.69 Å². The van der Waals surface area contributed by atoms with Crippen LogP contribution in [0.1, 0.15) is 39.2 Å². The normalized spacial score (nSPS) is 10.8. The topological polar surface area (TPSA) is 24.5 Å². The summed E-state index contributed by atoms with van der Waals surface area (Å²) in [6.07, 6.45) is 2.36. The second-order valence-corrected chi connectivity index (χ2v) is 4.98. The summed E-state index contributed by atoms with van der Waals surface area (Å²) in [5.41, 5.74) is 2.64. The third kappa shape index (κ3) is 6.40. The average Bonchev–Trinajstić information content (AvgIpc) is 2.49. The van der Waals surface area contributed by atoms with Gasteiger partial charge in [0.25, 0.3) is 0 Å². The van der Waals surface area contributed by atoms with Crippen molar-refractivity contribution in [1.29, 1.82) is 0 Å². The summed E-state index contributed by atoms with van der Waals surface area (Å²) in [7, 11) is 0. The summed E-state index contributed by atoms with van der Waals surface area (Å²) in [5, 5.41) is 3.42. The third-order valence-corrected chi connectivity index (χ3v) is 3.46. The zero-order chi connectivity index (χ0) is 14.6. The molecule has 0 saturated carbocycles. The van der Waals surface area contributed by atoms with Gasteiger partial charge in [-0.1, -0.05) is 25.5 Å². The number of benzene rings is 1. The molecular weight excluding hydrogens is 248 g/mol. The lowest BCUT2D eigenvalue weighted by molar-refractivity contribution is 0.133. The van der Waals surface area contributed by atoms with Crippen LogP contribution < -0.4 is 10.2 Å². The maximum absolute atomic E-state index is 5.52. The second kappa shape index (κ2) is 10.7. The highest BCUT2D eigenvalue weighted by molar-refractivity contribution is 5.47. The first-order chi connectivity index (χ1) is 9.81. The number of nitrogens with zero attached hydrogens (tertiary/aromatic N) is 1. The van der Waals surface area contributed by atoms with Gasteiger partial charge in [-0.2, -0.15) is 0 Å². The van der Waals surface area contributed by atoms with Gasteiger partial charge in [0.2, 0.25) is 0 Å². The lowest BCUT2D eigenvalue weighted by atomic mass is 10.2. The van der Waals surface area contributed by atoms with Crippen LogP contribution in [0.3, 0.4) is 0 Å². The molecule has 1 N–H and O–H groups in total. The second-order valence-electron chi connectivity index (χ2n) is 4.98. The molecule has 0 amide bonds. The molecular formula is C17H30N2O. The smallest absolute Gasteiger partial charge is 0.0591 e. The van der Waals surface area contributed by atoms with Crippen molar-refractivity contribution < 1.29 is 4.74 Å². The van der Waals surface area contributed by atoms with Gasteiger partial charge in [-0.05, 0) is 38.0 Å². The summed E-state index contributed by atoms with van der Waals surface area (Å²) in [6, 6.07) is 8.83. The fourth-order valence-corrected chi connectivity index (χ4v) is 2.14. The number of nitrogens with one attached hydrogen (secondary N) is 1. The standard InChI is InChI=1S/C17H30N2O/c1-4-7-13-20-14-12-18-15-16-8-10-17(11-9-16)19(5-2)6-3/h8-11,18H,4-7,12-15H2,1-3H3. The van der Waals surface area contributed by atoms with E-state index in [-0.39, 0.29) is 0 Å². The van der Waals surface area contributed by atoms with E-state index in [1.54, 1.807) is 0 Å². The number of unbranched alkanes of at least 4 members (excludes halogenated alkanes) is 1. The molecule has 0 unspecified atom stereocenters. The van der Waals surface area contributed by atoms with Gasteiger partial charge in [0.15, 0.2) is 0 Å². The number of anilines is 1. The number of hydrogen-bond acceptors (Lipinski definition) is 3. The fourth-order valence-electron chi connectivity index (χ4n) is 2.14. The molecule has 0 heterocycles. The minimum atomic E-state index is 0.803. The van der Waals surface area contributed by atoms with E-state index in [1.807, 2.05) is 0 Å². The van der Waals surface area contributed by atoms with E-state index in [2.05, 4.69) is 55.3 Å². The molecule has 1 aromatic rings. The summed E-state index contributed by atoms with van der Waals surface area (Å²) in [4.78, 5) is 2.36. The van der Waals surface area contributed by atoms with Crippen molar-refractivity contribution in [3.63, 3.8) is 0 Å². The lowest BCUT2D eigenvalue weighted by Gasteiger charge is -2.21. The summed E-state index contributed by atoms with van der Waals surface area (Å²) in [5.74, 6) is 0. The number of rotatable bonds is 11. The molecule has 1 aromatic carbocycles. The highest BCUT2D eigenvalue weighted by Crippen LogP contribution is 2.14.